The average molecular weight is 377 g/mol. The number of anilines is 2. The van der Waals surface area contributed by atoms with Crippen molar-refractivity contribution in [2.24, 2.45) is 0 Å². The van der Waals surface area contributed by atoms with Crippen LogP contribution >= 0.6 is 27.5 Å². The van der Waals surface area contributed by atoms with Crippen LogP contribution in [0, 0.1) is 6.92 Å². The first-order valence-corrected chi connectivity index (χ1v) is 8.14. The van der Waals surface area contributed by atoms with E-state index in [0.29, 0.717) is 15.7 Å². The van der Waals surface area contributed by atoms with Crippen molar-refractivity contribution < 1.29 is 8.42 Å². The van der Waals surface area contributed by atoms with Crippen molar-refractivity contribution in [3.63, 3.8) is 0 Å². The fraction of sp³-hybridized carbons (Fsp3) is 0.0833. The van der Waals surface area contributed by atoms with E-state index in [9.17, 15) is 8.42 Å². The van der Waals surface area contributed by atoms with E-state index in [2.05, 4.69) is 25.6 Å². The molecule has 0 spiro atoms. The van der Waals surface area contributed by atoms with Crippen molar-refractivity contribution >= 4 is 48.9 Å². The normalized spacial score (nSPS) is 11.3. The lowest BCUT2D eigenvalue weighted by molar-refractivity contribution is 0.600. The van der Waals surface area contributed by atoms with E-state index >= 15 is 0 Å². The van der Waals surface area contributed by atoms with Crippen molar-refractivity contribution in [1.82, 2.24) is 4.98 Å². The third-order valence-corrected chi connectivity index (χ3v) is 5.12. The molecule has 0 fully saturated rings. The summed E-state index contributed by atoms with van der Waals surface area (Å²) in [6, 6.07) is 4.54. The monoisotopic (exact) mass is 375 g/mol. The van der Waals surface area contributed by atoms with Crippen molar-refractivity contribution in [2.75, 3.05) is 10.5 Å². The van der Waals surface area contributed by atoms with Gasteiger partial charge in [-0.25, -0.2) is 8.42 Å². The summed E-state index contributed by atoms with van der Waals surface area (Å²) in [6.45, 7) is 1.68. The highest BCUT2D eigenvalue weighted by atomic mass is 79.9. The molecule has 0 aliphatic carbocycles. The predicted octanol–water partition coefficient (Wildman–Crippen LogP) is 3.19. The second-order valence-corrected chi connectivity index (χ2v) is 7.01. The second kappa shape index (κ2) is 5.59. The first-order valence-electron chi connectivity index (χ1n) is 5.49. The Labute approximate surface area is 130 Å². The lowest BCUT2D eigenvalue weighted by Crippen LogP contribution is -2.15. The number of hydrogen-bond acceptors (Lipinski definition) is 4. The van der Waals surface area contributed by atoms with Gasteiger partial charge in [0.2, 0.25) is 0 Å². The predicted molar refractivity (Wildman–Crippen MR) is 83.3 cm³/mol. The van der Waals surface area contributed by atoms with Crippen LogP contribution in [-0.4, -0.2) is 13.4 Å². The Bertz CT molecular complexity index is 765. The van der Waals surface area contributed by atoms with Gasteiger partial charge in [0.1, 0.15) is 0 Å². The maximum absolute atomic E-state index is 12.4. The molecular formula is C12H11BrClN3O2S. The molecule has 1 heterocycles. The second-order valence-electron chi connectivity index (χ2n) is 4.10. The van der Waals surface area contributed by atoms with Gasteiger partial charge >= 0.3 is 0 Å². The number of rotatable bonds is 3. The number of nitrogens with zero attached hydrogens (tertiary/aromatic N) is 1. The average Bonchev–Trinajstić information content (AvgIpc) is 2.36. The molecule has 0 unspecified atom stereocenters. The summed E-state index contributed by atoms with van der Waals surface area (Å²) in [4.78, 5) is 3.93. The molecule has 2 rings (SSSR count). The van der Waals surface area contributed by atoms with Gasteiger partial charge in [-0.05, 0) is 46.6 Å². The van der Waals surface area contributed by atoms with Crippen LogP contribution in [0.1, 0.15) is 5.56 Å². The summed E-state index contributed by atoms with van der Waals surface area (Å²) in [5.41, 5.74) is 6.86. The standard InChI is InChI=1S/C12H11BrClN3O2S/c1-7-4-8(13)10(15)5-12(7)20(18,19)17-11-6-16-3-2-9(11)14/h2-6,17H,15H2,1H3. The molecule has 0 atom stereocenters. The smallest absolute Gasteiger partial charge is 0.262 e. The minimum absolute atomic E-state index is 0.0955. The van der Waals surface area contributed by atoms with Crippen LogP contribution in [0.5, 0.6) is 0 Å². The van der Waals surface area contributed by atoms with Gasteiger partial charge < -0.3 is 5.73 Å². The zero-order valence-corrected chi connectivity index (χ0v) is 13.6. The van der Waals surface area contributed by atoms with Gasteiger partial charge in [-0.3, -0.25) is 9.71 Å². The van der Waals surface area contributed by atoms with Gasteiger partial charge in [-0.1, -0.05) is 11.6 Å². The zero-order chi connectivity index (χ0) is 14.9. The number of nitrogens with two attached hydrogens (primary N) is 1. The topological polar surface area (TPSA) is 85.1 Å². The molecular weight excluding hydrogens is 366 g/mol. The summed E-state index contributed by atoms with van der Waals surface area (Å²) in [5.74, 6) is 0. The van der Waals surface area contributed by atoms with Crippen molar-refractivity contribution in [3.05, 3.63) is 45.7 Å². The van der Waals surface area contributed by atoms with E-state index in [1.165, 1.54) is 24.5 Å². The quantitative estimate of drug-likeness (QED) is 0.806. The lowest BCUT2D eigenvalue weighted by atomic mass is 10.2. The fourth-order valence-electron chi connectivity index (χ4n) is 1.61. The number of nitrogens with one attached hydrogen (secondary N) is 1. The van der Waals surface area contributed by atoms with Crippen LogP contribution in [0.2, 0.25) is 5.02 Å². The molecule has 106 valence electrons. The molecule has 2 aromatic rings. The van der Waals surface area contributed by atoms with Gasteiger partial charge in [-0.15, -0.1) is 0 Å². The molecule has 20 heavy (non-hydrogen) atoms. The van der Waals surface area contributed by atoms with Crippen LogP contribution in [-0.2, 0) is 10.0 Å². The van der Waals surface area contributed by atoms with Crippen LogP contribution in [0.25, 0.3) is 0 Å². The first kappa shape index (κ1) is 15.1. The SMILES string of the molecule is Cc1cc(Br)c(N)cc1S(=O)(=O)Nc1cnccc1Cl. The third kappa shape index (κ3) is 3.05. The summed E-state index contributed by atoms with van der Waals surface area (Å²) in [5, 5.41) is 0.270. The van der Waals surface area contributed by atoms with Crippen LogP contribution in [0.4, 0.5) is 11.4 Å². The molecule has 0 radical (unpaired) electrons. The van der Waals surface area contributed by atoms with Crippen molar-refractivity contribution in [1.29, 1.82) is 0 Å². The molecule has 0 bridgehead atoms. The molecule has 0 amide bonds. The van der Waals surface area contributed by atoms with Gasteiger partial charge in [0.05, 0.1) is 21.8 Å². The minimum Gasteiger partial charge on any atom is -0.398 e. The van der Waals surface area contributed by atoms with E-state index in [0.717, 1.165) is 0 Å². The highest BCUT2D eigenvalue weighted by Crippen LogP contribution is 2.29. The fourth-order valence-corrected chi connectivity index (χ4v) is 3.60. The van der Waals surface area contributed by atoms with Crippen molar-refractivity contribution in [2.45, 2.75) is 11.8 Å². The Morgan fingerprint density at radius 2 is 2.10 bits per heavy atom. The summed E-state index contributed by atoms with van der Waals surface area (Å²) in [7, 11) is -3.78. The molecule has 5 nitrogen and oxygen atoms in total. The Balaban J connectivity index is 2.47. The number of nitrogen functional groups attached to an aromatic ring is 1. The molecule has 0 saturated carbocycles. The molecule has 0 aliphatic heterocycles. The first-order chi connectivity index (χ1) is 9.31. The number of halogens is 2. The number of aromatic nitrogens is 1. The Morgan fingerprint density at radius 3 is 2.75 bits per heavy atom. The molecule has 3 N–H and O–H groups in total. The van der Waals surface area contributed by atoms with Gasteiger partial charge in [0.15, 0.2) is 0 Å². The maximum Gasteiger partial charge on any atom is 0.262 e. The van der Waals surface area contributed by atoms with E-state index in [1.54, 1.807) is 13.0 Å². The number of aryl methyl sites for hydroxylation is 1. The van der Waals surface area contributed by atoms with Gasteiger partial charge in [0.25, 0.3) is 10.0 Å². The highest BCUT2D eigenvalue weighted by molar-refractivity contribution is 9.10. The van der Waals surface area contributed by atoms with Crippen molar-refractivity contribution in [3.8, 4) is 0 Å². The molecule has 1 aromatic carbocycles. The van der Waals surface area contributed by atoms with Gasteiger partial charge in [-0.2, -0.15) is 0 Å². The Hall–Kier alpha value is -1.31. The molecule has 1 aromatic heterocycles. The van der Waals surface area contributed by atoms with Crippen LogP contribution in [0.3, 0.4) is 0 Å². The van der Waals surface area contributed by atoms with E-state index in [-0.39, 0.29) is 15.6 Å². The summed E-state index contributed by atoms with van der Waals surface area (Å²) >= 11 is 9.17. The summed E-state index contributed by atoms with van der Waals surface area (Å²) < 4.78 is 27.8. The maximum atomic E-state index is 12.4. The number of pyridine rings is 1. The third-order valence-electron chi connectivity index (χ3n) is 2.60. The Kier molecular flexibility index (Phi) is 4.22. The Morgan fingerprint density at radius 1 is 1.40 bits per heavy atom. The number of benzene rings is 1. The van der Waals surface area contributed by atoms with E-state index < -0.39 is 10.0 Å². The molecule has 0 saturated heterocycles. The number of sulfonamides is 1. The molecule has 0 aliphatic rings. The van der Waals surface area contributed by atoms with Gasteiger partial charge in [0, 0.05) is 16.4 Å². The number of hydrogen-bond donors (Lipinski definition) is 2. The largest absolute Gasteiger partial charge is 0.398 e. The van der Waals surface area contributed by atoms with Crippen LogP contribution < -0.4 is 10.5 Å². The lowest BCUT2D eigenvalue weighted by Gasteiger charge is -2.12. The summed E-state index contributed by atoms with van der Waals surface area (Å²) in [6.07, 6.45) is 2.82. The van der Waals surface area contributed by atoms with Crippen LogP contribution in [0.15, 0.2) is 40.0 Å². The zero-order valence-electron chi connectivity index (χ0n) is 10.4. The van der Waals surface area contributed by atoms with E-state index in [1.807, 2.05) is 0 Å². The minimum atomic E-state index is -3.78. The highest BCUT2D eigenvalue weighted by Gasteiger charge is 2.19. The molecule has 8 heteroatoms. The van der Waals surface area contributed by atoms with E-state index in [4.69, 9.17) is 17.3 Å².